The van der Waals surface area contributed by atoms with Crippen molar-refractivity contribution in [2.75, 3.05) is 0 Å². The first kappa shape index (κ1) is 81.5. The van der Waals surface area contributed by atoms with Gasteiger partial charge in [0.05, 0.1) is 22.3 Å². The first-order chi connectivity index (χ1) is 61.4. The van der Waals surface area contributed by atoms with Crippen LogP contribution < -0.4 is 18.3 Å². The fraction of sp³-hybridized carbons (Fsp3) is 0.233. The van der Waals surface area contributed by atoms with Gasteiger partial charge in [-0.25, -0.2) is 18.3 Å². The summed E-state index contributed by atoms with van der Waals surface area (Å²) in [6.07, 6.45) is 8.39. The number of nitrogens with zero attached hydrogens (tertiary/aromatic N) is 4. The molecule has 0 aliphatic heterocycles. The highest BCUT2D eigenvalue weighted by molar-refractivity contribution is 6.20. The van der Waals surface area contributed by atoms with Crippen LogP contribution in [-0.4, -0.2) is 0 Å². The van der Waals surface area contributed by atoms with Gasteiger partial charge in [0, 0.05) is 136 Å². The molecule has 8 heterocycles. The predicted octanol–water partition coefficient (Wildman–Crippen LogP) is 29.6. The molecule has 0 saturated carbocycles. The van der Waals surface area contributed by atoms with Crippen LogP contribution in [0.4, 0.5) is 0 Å². The number of fused-ring (bicyclic) bond motifs is 28. The minimum Gasteiger partial charge on any atom is -0.454 e. The van der Waals surface area contributed by atoms with Crippen molar-refractivity contribution in [3.63, 3.8) is 0 Å². The minimum atomic E-state index is -0.0483. The van der Waals surface area contributed by atoms with E-state index < -0.39 is 0 Å². The zero-order valence-electron chi connectivity index (χ0n) is 78.0. The van der Waals surface area contributed by atoms with Crippen LogP contribution in [0.2, 0.25) is 0 Å². The molecule has 0 bridgehead atoms. The molecule has 12 aromatic carbocycles. The van der Waals surface area contributed by atoms with Crippen molar-refractivity contribution in [1.82, 2.24) is 0 Å². The van der Waals surface area contributed by atoms with Crippen LogP contribution in [0.1, 0.15) is 184 Å². The van der Waals surface area contributed by atoms with Gasteiger partial charge in [0.2, 0.25) is 22.8 Å². The molecule has 8 nitrogen and oxygen atoms in total. The Kier molecular flexibility index (Phi) is 18.8. The average Bonchev–Trinajstić information content (AvgIpc) is 1.55. The number of benzene rings is 12. The molecular formula is C120H112N4O4+4. The van der Waals surface area contributed by atoms with Crippen LogP contribution in [-0.2, 0) is 49.9 Å². The van der Waals surface area contributed by atoms with E-state index in [1.54, 1.807) is 0 Å². The summed E-state index contributed by atoms with van der Waals surface area (Å²) in [5.41, 5.74) is 48.7. The number of pyridine rings is 4. The van der Waals surface area contributed by atoms with E-state index in [0.717, 1.165) is 44.7 Å². The number of aryl methyl sites for hydroxylation is 10. The number of rotatable bonds is 6. The monoisotopic (exact) mass is 1670 g/mol. The quantitative estimate of drug-likeness (QED) is 0.156. The van der Waals surface area contributed by atoms with Crippen LogP contribution in [0.15, 0.2) is 285 Å². The first-order valence-corrected chi connectivity index (χ1v) is 45.6. The summed E-state index contributed by atoms with van der Waals surface area (Å²) in [5.74, 6) is 0.889. The molecular weight excluding hydrogens is 1560 g/mol. The van der Waals surface area contributed by atoms with Gasteiger partial charge in [-0.15, -0.1) is 0 Å². The molecule has 0 radical (unpaired) electrons. The van der Waals surface area contributed by atoms with E-state index in [1.165, 1.54) is 222 Å². The van der Waals surface area contributed by atoms with Gasteiger partial charge in [-0.05, 0) is 189 Å². The number of aromatic nitrogens is 4. The van der Waals surface area contributed by atoms with E-state index in [1.807, 2.05) is 0 Å². The van der Waals surface area contributed by atoms with Crippen LogP contribution >= 0.6 is 0 Å². The van der Waals surface area contributed by atoms with Crippen molar-refractivity contribution in [3.05, 3.63) is 356 Å². The van der Waals surface area contributed by atoms with Crippen molar-refractivity contribution in [1.29, 1.82) is 0 Å². The molecule has 0 atom stereocenters. The van der Waals surface area contributed by atoms with Gasteiger partial charge in [0.25, 0.3) is 0 Å². The van der Waals surface area contributed by atoms with Crippen molar-refractivity contribution < 1.29 is 35.9 Å². The van der Waals surface area contributed by atoms with E-state index in [2.05, 4.69) is 439 Å². The third-order valence-corrected chi connectivity index (χ3v) is 29.6. The third-order valence-electron chi connectivity index (χ3n) is 29.6. The molecule has 8 aromatic heterocycles. The zero-order chi connectivity index (χ0) is 89.1. The maximum absolute atomic E-state index is 6.94. The summed E-state index contributed by atoms with van der Waals surface area (Å²) in [4.78, 5) is 0. The van der Waals surface area contributed by atoms with E-state index in [0.29, 0.717) is 11.8 Å². The normalized spacial score (nSPS) is 14.2. The molecule has 0 N–H and O–H groups in total. The van der Waals surface area contributed by atoms with Crippen molar-refractivity contribution in [3.8, 4) is 89.5 Å². The molecule has 0 saturated heterocycles. The number of hydrogen-bond acceptors (Lipinski definition) is 4. The Morgan fingerprint density at radius 1 is 0.227 bits per heavy atom. The minimum absolute atomic E-state index is 0.0290. The van der Waals surface area contributed by atoms with Gasteiger partial charge in [-0.1, -0.05) is 253 Å². The molecule has 0 fully saturated rings. The highest BCUT2D eigenvalue weighted by Gasteiger charge is 2.44. The Hall–Kier alpha value is -13.6. The third kappa shape index (κ3) is 12.0. The molecule has 0 amide bonds. The molecule has 8 heteroatoms. The van der Waals surface area contributed by atoms with Gasteiger partial charge in [-0.2, -0.15) is 0 Å². The molecule has 4 aliphatic rings. The van der Waals surface area contributed by atoms with Gasteiger partial charge in [-0.3, -0.25) is 0 Å². The Balaban J connectivity index is 0.000000104. The fourth-order valence-corrected chi connectivity index (χ4v) is 22.8. The van der Waals surface area contributed by atoms with E-state index >= 15 is 0 Å². The lowest BCUT2D eigenvalue weighted by Crippen LogP contribution is -2.30. The first-order valence-electron chi connectivity index (χ1n) is 45.6. The van der Waals surface area contributed by atoms with Gasteiger partial charge in [0.1, 0.15) is 72.9 Å². The van der Waals surface area contributed by atoms with Gasteiger partial charge < -0.3 is 17.7 Å². The van der Waals surface area contributed by atoms with Gasteiger partial charge in [0.15, 0.2) is 24.8 Å². The average molecular weight is 1670 g/mol. The number of hydrogen-bond donors (Lipinski definition) is 0. The molecule has 128 heavy (non-hydrogen) atoms. The SMILES string of the molecule is Cc1cc(C)c2c(oc3c4c(ccc32)C(C)(C)c2ccccc2-4)c1-c1cccc[n+]1C.Cc1ccc2c(oc3c4c(cc(C(C)C)c32)C(C)(C)c2ccccc2-4)c1-c1cccc[n+]1C.Cc1ccc2c(oc3c4c(cc(C)c32)C(C)(C)c2ccccc2-4)c1-c1cccc[n+]1C.Cc1ccc2c(oc3c4c(ccc32)C(C)(C)c2ccc(C(C)C)cc2-4)c1-c1cccc[n+]1C. The molecule has 20 aromatic rings. The smallest absolute Gasteiger partial charge is 0.216 e. The standard InChI is InChI=1S/2C31H30NO.2C29H26NO/c1-18(2)22-17-24-28(20-11-7-8-12-23(20)31(24,4)5)30-27(22)21-15-14-19(3)26(29(21)33-30)25-13-9-10-16-32(25)6;1-18(2)20-11-14-24-23(17-20)28-25(31(24,4)5)15-13-22-21-12-10-19(3)27(29(21)33-30(22)28)26-9-7-8-16-32(26)6;1-17-16-18(2)25(23-12-8-9-15-30(23)5)28-24(17)20-13-14-22-26(27(20)31-28)19-10-6-7-11-21(19)29(22,3)4;1-17-13-14-20-24-18(2)16-22-26(19-10-6-7-11-21(19)29(22,3)4)28(24)31-27(20)25(17)23-12-8-9-15-30(23)5/h2*7-18H,1-6H3;2*6-16H,1-5H3/q4*+1. The van der Waals surface area contributed by atoms with E-state index in [9.17, 15) is 0 Å². The van der Waals surface area contributed by atoms with Crippen molar-refractivity contribution >= 4 is 87.8 Å². The van der Waals surface area contributed by atoms with E-state index in [4.69, 9.17) is 17.7 Å². The van der Waals surface area contributed by atoms with E-state index in [-0.39, 0.29) is 21.7 Å². The summed E-state index contributed by atoms with van der Waals surface area (Å²) in [5, 5.41) is 9.73. The summed E-state index contributed by atoms with van der Waals surface area (Å²) in [6.45, 7) is 40.9. The predicted molar refractivity (Wildman–Crippen MR) is 528 cm³/mol. The van der Waals surface area contributed by atoms with Crippen LogP contribution in [0.3, 0.4) is 0 Å². The van der Waals surface area contributed by atoms with Crippen LogP contribution in [0.25, 0.3) is 177 Å². The maximum atomic E-state index is 6.94. The Bertz CT molecular complexity index is 8140. The highest BCUT2D eigenvalue weighted by atomic mass is 16.3. The van der Waals surface area contributed by atoms with Gasteiger partial charge >= 0.3 is 0 Å². The Labute approximate surface area is 751 Å². The highest BCUT2D eigenvalue weighted by Crippen LogP contribution is 2.60. The number of furan rings is 4. The Morgan fingerprint density at radius 3 is 0.953 bits per heavy atom. The summed E-state index contributed by atoms with van der Waals surface area (Å²) < 4.78 is 36.2. The summed E-state index contributed by atoms with van der Waals surface area (Å²) in [7, 11) is 8.39. The molecule has 24 rings (SSSR count). The largest absolute Gasteiger partial charge is 0.454 e. The molecule has 0 unspecified atom stereocenters. The topological polar surface area (TPSA) is 68.1 Å². The second-order valence-electron chi connectivity index (χ2n) is 39.6. The van der Waals surface area contributed by atoms with Crippen molar-refractivity contribution in [2.45, 2.75) is 158 Å². The van der Waals surface area contributed by atoms with Crippen molar-refractivity contribution in [2.24, 2.45) is 28.2 Å². The summed E-state index contributed by atoms with van der Waals surface area (Å²) in [6, 6.07) is 88.5. The van der Waals surface area contributed by atoms with Crippen LogP contribution in [0, 0.1) is 41.5 Å². The lowest BCUT2D eigenvalue weighted by Gasteiger charge is -2.22. The zero-order valence-corrected chi connectivity index (χ0v) is 78.0. The molecule has 632 valence electrons. The fourth-order valence-electron chi connectivity index (χ4n) is 22.8. The second-order valence-corrected chi connectivity index (χ2v) is 39.6. The molecule has 4 aliphatic carbocycles. The lowest BCUT2D eigenvalue weighted by molar-refractivity contribution is -0.660. The maximum Gasteiger partial charge on any atom is 0.216 e. The lowest BCUT2D eigenvalue weighted by atomic mass is 9.80. The summed E-state index contributed by atoms with van der Waals surface area (Å²) >= 11 is 0. The second kappa shape index (κ2) is 29.5. The van der Waals surface area contributed by atoms with Crippen LogP contribution in [0.5, 0.6) is 0 Å². The molecule has 0 spiro atoms. The Morgan fingerprint density at radius 2 is 0.523 bits per heavy atom.